The van der Waals surface area contributed by atoms with Crippen LogP contribution in [-0.2, 0) is 4.79 Å². The molecule has 4 nitrogen and oxygen atoms in total. The predicted molar refractivity (Wildman–Crippen MR) is 42.6 cm³/mol. The van der Waals surface area contributed by atoms with E-state index in [2.05, 4.69) is 0 Å². The van der Waals surface area contributed by atoms with Crippen LogP contribution in [0.5, 0.6) is 0 Å². The summed E-state index contributed by atoms with van der Waals surface area (Å²) in [5, 5.41) is 8.70. The van der Waals surface area contributed by atoms with E-state index in [0.717, 1.165) is 0 Å². The second-order valence-electron chi connectivity index (χ2n) is 2.97. The third-order valence-electron chi connectivity index (χ3n) is 1.43. The molecule has 11 heavy (non-hydrogen) atoms. The molecule has 0 spiro atoms. The number of carbonyl (C=O) groups excluding carboxylic acids is 1. The van der Waals surface area contributed by atoms with Gasteiger partial charge in [-0.3, -0.25) is 4.79 Å². The third kappa shape index (κ3) is 4.08. The minimum absolute atomic E-state index is 0.0606. The van der Waals surface area contributed by atoms with E-state index in [9.17, 15) is 4.79 Å². The molecule has 0 radical (unpaired) electrons. The Labute approximate surface area is 66.6 Å². The zero-order chi connectivity index (χ0) is 9.02. The van der Waals surface area contributed by atoms with Crippen molar-refractivity contribution in [3.05, 3.63) is 0 Å². The molecule has 66 valence electrons. The molecule has 0 fully saturated rings. The summed E-state index contributed by atoms with van der Waals surface area (Å²) in [4.78, 5) is 11.1. The van der Waals surface area contributed by atoms with Gasteiger partial charge in [0.2, 0.25) is 0 Å². The summed E-state index contributed by atoms with van der Waals surface area (Å²) < 4.78 is 0. The number of rotatable bonds is 4. The standard InChI is InChI=1S/C7H16N2O2/c1-4(2)7(11)5(8)3-6(9)10/h4-6,10H,3,8-9H2,1-2H3/t5-,6?/m1/s1. The highest BCUT2D eigenvalue weighted by atomic mass is 16.3. The van der Waals surface area contributed by atoms with Crippen molar-refractivity contribution in [2.45, 2.75) is 32.5 Å². The van der Waals surface area contributed by atoms with Crippen LogP contribution in [0, 0.1) is 5.92 Å². The van der Waals surface area contributed by atoms with Gasteiger partial charge in [0.05, 0.1) is 6.04 Å². The summed E-state index contributed by atoms with van der Waals surface area (Å²) in [6, 6.07) is -0.630. The number of hydrogen-bond donors (Lipinski definition) is 3. The Morgan fingerprint density at radius 1 is 1.45 bits per heavy atom. The Balaban J connectivity index is 3.83. The first-order chi connectivity index (χ1) is 4.95. The number of aliphatic hydroxyl groups is 1. The van der Waals surface area contributed by atoms with Gasteiger partial charge in [-0.1, -0.05) is 13.8 Å². The summed E-state index contributed by atoms with van der Waals surface area (Å²) in [6.07, 6.45) is -0.857. The van der Waals surface area contributed by atoms with Crippen LogP contribution in [0.4, 0.5) is 0 Å². The van der Waals surface area contributed by atoms with Crippen LogP contribution in [0.15, 0.2) is 0 Å². The van der Waals surface area contributed by atoms with Gasteiger partial charge in [-0.2, -0.15) is 0 Å². The average Bonchev–Trinajstić information content (AvgIpc) is 1.84. The van der Waals surface area contributed by atoms with Crippen LogP contribution in [0.1, 0.15) is 20.3 Å². The molecular weight excluding hydrogens is 144 g/mol. The topological polar surface area (TPSA) is 89.3 Å². The molecule has 1 unspecified atom stereocenters. The molecule has 0 bridgehead atoms. The van der Waals surface area contributed by atoms with E-state index in [1.54, 1.807) is 13.8 Å². The van der Waals surface area contributed by atoms with Crippen LogP contribution in [0.25, 0.3) is 0 Å². The maximum Gasteiger partial charge on any atom is 0.152 e. The summed E-state index contributed by atoms with van der Waals surface area (Å²) in [6.45, 7) is 3.54. The number of carbonyl (C=O) groups is 1. The highest BCUT2D eigenvalue weighted by molar-refractivity contribution is 5.85. The summed E-state index contributed by atoms with van der Waals surface area (Å²) in [5.74, 6) is -0.154. The van der Waals surface area contributed by atoms with E-state index in [1.807, 2.05) is 0 Å². The molecule has 0 aliphatic carbocycles. The summed E-state index contributed by atoms with van der Waals surface area (Å²) in [7, 11) is 0. The minimum atomic E-state index is -0.993. The van der Waals surface area contributed by atoms with Crippen molar-refractivity contribution in [1.29, 1.82) is 0 Å². The molecule has 0 rings (SSSR count). The highest BCUT2D eigenvalue weighted by Crippen LogP contribution is 2.01. The number of hydrogen-bond acceptors (Lipinski definition) is 4. The molecule has 0 saturated carbocycles. The monoisotopic (exact) mass is 160 g/mol. The van der Waals surface area contributed by atoms with Gasteiger partial charge in [0.15, 0.2) is 5.78 Å². The number of nitrogens with two attached hydrogens (primary N) is 2. The lowest BCUT2D eigenvalue weighted by molar-refractivity contribution is -0.123. The van der Waals surface area contributed by atoms with Gasteiger partial charge in [-0.25, -0.2) is 0 Å². The lowest BCUT2D eigenvalue weighted by Crippen LogP contribution is -2.39. The fraction of sp³-hybridized carbons (Fsp3) is 0.857. The van der Waals surface area contributed by atoms with Gasteiger partial charge in [0.25, 0.3) is 0 Å². The Kier molecular flexibility index (Phi) is 4.25. The molecule has 4 heteroatoms. The highest BCUT2D eigenvalue weighted by Gasteiger charge is 2.18. The van der Waals surface area contributed by atoms with Gasteiger partial charge in [0.1, 0.15) is 6.23 Å². The molecule has 0 heterocycles. The average molecular weight is 160 g/mol. The largest absolute Gasteiger partial charge is 0.379 e. The van der Waals surface area contributed by atoms with Crippen molar-refractivity contribution < 1.29 is 9.90 Å². The third-order valence-corrected chi connectivity index (χ3v) is 1.43. The smallest absolute Gasteiger partial charge is 0.152 e. The molecule has 0 aromatic carbocycles. The summed E-state index contributed by atoms with van der Waals surface area (Å²) in [5.41, 5.74) is 10.5. The van der Waals surface area contributed by atoms with Crippen LogP contribution in [-0.4, -0.2) is 23.2 Å². The molecule has 0 amide bonds. The van der Waals surface area contributed by atoms with E-state index >= 15 is 0 Å². The maximum atomic E-state index is 11.1. The van der Waals surface area contributed by atoms with E-state index < -0.39 is 12.3 Å². The number of Topliss-reactive ketones (excluding diaryl/α,β-unsaturated/α-hetero) is 1. The first kappa shape index (κ1) is 10.6. The fourth-order valence-electron chi connectivity index (χ4n) is 0.804. The maximum absolute atomic E-state index is 11.1. The molecule has 0 aromatic rings. The molecule has 0 saturated heterocycles. The normalized spacial score (nSPS) is 16.5. The Morgan fingerprint density at radius 2 is 1.91 bits per heavy atom. The zero-order valence-corrected chi connectivity index (χ0v) is 6.95. The number of ketones is 1. The second-order valence-corrected chi connectivity index (χ2v) is 2.97. The van der Waals surface area contributed by atoms with Crippen LogP contribution in [0.3, 0.4) is 0 Å². The van der Waals surface area contributed by atoms with Crippen molar-refractivity contribution >= 4 is 5.78 Å². The van der Waals surface area contributed by atoms with E-state index in [1.165, 1.54) is 0 Å². The first-order valence-corrected chi connectivity index (χ1v) is 3.68. The van der Waals surface area contributed by atoms with Crippen LogP contribution >= 0.6 is 0 Å². The molecule has 5 N–H and O–H groups in total. The second kappa shape index (κ2) is 4.43. The Hall–Kier alpha value is -0.450. The van der Waals surface area contributed by atoms with Gasteiger partial charge < -0.3 is 16.6 Å². The quantitative estimate of drug-likeness (QED) is 0.470. The van der Waals surface area contributed by atoms with Gasteiger partial charge in [0, 0.05) is 12.3 Å². The van der Waals surface area contributed by atoms with Crippen molar-refractivity contribution in [2.75, 3.05) is 0 Å². The van der Waals surface area contributed by atoms with E-state index in [4.69, 9.17) is 16.6 Å². The van der Waals surface area contributed by atoms with Crippen molar-refractivity contribution in [2.24, 2.45) is 17.4 Å². The van der Waals surface area contributed by atoms with Crippen molar-refractivity contribution in [3.8, 4) is 0 Å². The Bertz CT molecular complexity index is 134. The van der Waals surface area contributed by atoms with Gasteiger partial charge >= 0.3 is 0 Å². The van der Waals surface area contributed by atoms with Crippen molar-refractivity contribution in [3.63, 3.8) is 0 Å². The van der Waals surface area contributed by atoms with E-state index in [0.29, 0.717) is 0 Å². The van der Waals surface area contributed by atoms with E-state index in [-0.39, 0.29) is 18.1 Å². The van der Waals surface area contributed by atoms with Gasteiger partial charge in [-0.15, -0.1) is 0 Å². The fourth-order valence-corrected chi connectivity index (χ4v) is 0.804. The predicted octanol–water partition coefficient (Wildman–Crippen LogP) is -0.794. The summed E-state index contributed by atoms with van der Waals surface area (Å²) >= 11 is 0. The molecule has 0 aromatic heterocycles. The van der Waals surface area contributed by atoms with Crippen LogP contribution < -0.4 is 11.5 Å². The Morgan fingerprint density at radius 3 is 2.18 bits per heavy atom. The lowest BCUT2D eigenvalue weighted by atomic mass is 10.00. The molecule has 2 atom stereocenters. The minimum Gasteiger partial charge on any atom is -0.379 e. The number of aliphatic hydroxyl groups excluding tert-OH is 1. The zero-order valence-electron chi connectivity index (χ0n) is 6.95. The van der Waals surface area contributed by atoms with Crippen LogP contribution in [0.2, 0.25) is 0 Å². The first-order valence-electron chi connectivity index (χ1n) is 3.68. The molecule has 0 aliphatic heterocycles. The molecule has 0 aliphatic rings. The van der Waals surface area contributed by atoms with Gasteiger partial charge in [-0.05, 0) is 0 Å². The van der Waals surface area contributed by atoms with Crippen molar-refractivity contribution in [1.82, 2.24) is 0 Å². The lowest BCUT2D eigenvalue weighted by Gasteiger charge is -2.13. The molecular formula is C7H16N2O2. The SMILES string of the molecule is CC(C)C(=O)[C@H](N)CC(N)O.